The summed E-state index contributed by atoms with van der Waals surface area (Å²) in [5.41, 5.74) is -2.02. The number of rotatable bonds is 6. The van der Waals surface area contributed by atoms with Gasteiger partial charge in [0.2, 0.25) is 0 Å². The Morgan fingerprint density at radius 1 is 0.880 bits per heavy atom. The molecule has 0 aliphatic heterocycles. The predicted molar refractivity (Wildman–Crippen MR) is 84.9 cm³/mol. The smallest absolute Gasteiger partial charge is 0.342 e. The van der Waals surface area contributed by atoms with Gasteiger partial charge in [-0.1, -0.05) is 0 Å². The summed E-state index contributed by atoms with van der Waals surface area (Å²) in [4.78, 5) is 48.7. The van der Waals surface area contributed by atoms with Gasteiger partial charge in [-0.05, 0) is 27.7 Å². The van der Waals surface area contributed by atoms with Crippen LogP contribution in [-0.4, -0.2) is 44.2 Å². The molecule has 0 aromatic heterocycles. The minimum atomic E-state index is -1.27. The Labute approximate surface area is 145 Å². The molecule has 0 heterocycles. The van der Waals surface area contributed by atoms with Gasteiger partial charge in [-0.3, -0.25) is 4.79 Å². The van der Waals surface area contributed by atoms with E-state index in [0.717, 1.165) is 14.0 Å². The van der Waals surface area contributed by atoms with E-state index in [2.05, 4.69) is 0 Å². The Balaban J connectivity index is 3.75. The van der Waals surface area contributed by atoms with E-state index in [9.17, 15) is 19.2 Å². The normalized spacial score (nSPS) is 15.8. The molecule has 0 fully saturated rings. The predicted octanol–water partition coefficient (Wildman–Crippen LogP) is 1.44. The number of carbonyl (C=O) groups is 4. The molecule has 1 aliphatic rings. The van der Waals surface area contributed by atoms with Crippen LogP contribution in [0, 0.1) is 5.41 Å². The average molecular weight is 354 g/mol. The van der Waals surface area contributed by atoms with E-state index in [1.54, 1.807) is 13.8 Å². The highest BCUT2D eigenvalue weighted by Gasteiger charge is 2.51. The zero-order chi connectivity index (χ0) is 19.4. The lowest BCUT2D eigenvalue weighted by Crippen LogP contribution is -2.26. The number of ether oxygens (including phenoxy) is 4. The van der Waals surface area contributed by atoms with E-state index in [1.807, 2.05) is 0 Å². The summed E-state index contributed by atoms with van der Waals surface area (Å²) in [6.07, 6.45) is 0. The SMILES string of the molecule is CCOC(=O)C1=C(C(=O)OCC)C(C)(C)C(OC(C)=O)=C1C(=O)OC. The summed E-state index contributed by atoms with van der Waals surface area (Å²) in [6, 6.07) is 0. The molecule has 0 aromatic carbocycles. The van der Waals surface area contributed by atoms with Gasteiger partial charge in [-0.2, -0.15) is 0 Å². The van der Waals surface area contributed by atoms with E-state index in [-0.39, 0.29) is 35.7 Å². The van der Waals surface area contributed by atoms with Gasteiger partial charge in [0, 0.05) is 6.92 Å². The van der Waals surface area contributed by atoms with Crippen LogP contribution in [0.2, 0.25) is 0 Å². The molecule has 8 nitrogen and oxygen atoms in total. The maximum absolute atomic E-state index is 12.5. The highest BCUT2D eigenvalue weighted by molar-refractivity contribution is 6.15. The molecular weight excluding hydrogens is 332 g/mol. The molecule has 25 heavy (non-hydrogen) atoms. The summed E-state index contributed by atoms with van der Waals surface area (Å²) in [5.74, 6) is -3.50. The monoisotopic (exact) mass is 354 g/mol. The molecule has 0 saturated carbocycles. The zero-order valence-corrected chi connectivity index (χ0v) is 15.2. The molecule has 0 amide bonds. The Bertz CT molecular complexity index is 666. The van der Waals surface area contributed by atoms with Crippen molar-refractivity contribution in [2.45, 2.75) is 34.6 Å². The molecule has 0 atom stereocenters. The first-order chi connectivity index (χ1) is 11.6. The molecule has 0 bridgehead atoms. The second-order valence-electron chi connectivity index (χ2n) is 5.61. The fourth-order valence-corrected chi connectivity index (χ4v) is 2.56. The van der Waals surface area contributed by atoms with Crippen molar-refractivity contribution in [1.82, 2.24) is 0 Å². The molecule has 138 valence electrons. The van der Waals surface area contributed by atoms with Crippen molar-refractivity contribution in [2.75, 3.05) is 20.3 Å². The summed E-state index contributed by atoms with van der Waals surface area (Å²) in [6.45, 7) is 7.48. The van der Waals surface area contributed by atoms with Crippen LogP contribution in [0.4, 0.5) is 0 Å². The van der Waals surface area contributed by atoms with Crippen LogP contribution in [-0.2, 0) is 38.1 Å². The highest BCUT2D eigenvalue weighted by atomic mass is 16.6. The summed E-state index contributed by atoms with van der Waals surface area (Å²) < 4.78 is 19.8. The van der Waals surface area contributed by atoms with Crippen LogP contribution in [0.25, 0.3) is 0 Å². The minimum absolute atomic E-state index is 0.0240. The van der Waals surface area contributed by atoms with Gasteiger partial charge < -0.3 is 18.9 Å². The molecule has 0 unspecified atom stereocenters. The van der Waals surface area contributed by atoms with Crippen LogP contribution in [0.15, 0.2) is 22.5 Å². The first-order valence-electron chi connectivity index (χ1n) is 7.74. The number of allylic oxidation sites excluding steroid dienone is 1. The van der Waals surface area contributed by atoms with Gasteiger partial charge in [-0.25, -0.2) is 14.4 Å². The van der Waals surface area contributed by atoms with Crippen molar-refractivity contribution in [2.24, 2.45) is 5.41 Å². The lowest BCUT2D eigenvalue weighted by molar-refractivity contribution is -0.143. The van der Waals surface area contributed by atoms with E-state index < -0.39 is 29.3 Å². The summed E-state index contributed by atoms with van der Waals surface area (Å²) in [7, 11) is 1.11. The van der Waals surface area contributed by atoms with Crippen molar-refractivity contribution in [3.63, 3.8) is 0 Å². The van der Waals surface area contributed by atoms with Gasteiger partial charge >= 0.3 is 23.9 Å². The zero-order valence-electron chi connectivity index (χ0n) is 15.2. The number of esters is 4. The topological polar surface area (TPSA) is 105 Å². The Morgan fingerprint density at radius 2 is 1.40 bits per heavy atom. The third-order valence-corrected chi connectivity index (χ3v) is 3.51. The van der Waals surface area contributed by atoms with Crippen LogP contribution >= 0.6 is 0 Å². The first kappa shape index (κ1) is 20.4. The summed E-state index contributed by atoms with van der Waals surface area (Å²) in [5, 5.41) is 0. The first-order valence-corrected chi connectivity index (χ1v) is 7.74. The lowest BCUT2D eigenvalue weighted by Gasteiger charge is -2.24. The molecule has 1 rings (SSSR count). The molecule has 0 aromatic rings. The van der Waals surface area contributed by atoms with Crippen LogP contribution in [0.5, 0.6) is 0 Å². The van der Waals surface area contributed by atoms with Gasteiger partial charge in [0.25, 0.3) is 0 Å². The Morgan fingerprint density at radius 3 is 1.84 bits per heavy atom. The molecule has 1 aliphatic carbocycles. The van der Waals surface area contributed by atoms with Crippen molar-refractivity contribution in [3.05, 3.63) is 22.5 Å². The number of carbonyl (C=O) groups excluding carboxylic acids is 4. The standard InChI is InChI=1S/C17H22O8/c1-7-23-15(20)10-11(14(19)22-6)13(25-9(3)18)17(4,5)12(10)16(21)24-8-2/h7-8H2,1-6H3. The van der Waals surface area contributed by atoms with Crippen molar-refractivity contribution < 1.29 is 38.1 Å². The Kier molecular flexibility index (Phi) is 6.49. The fourth-order valence-electron chi connectivity index (χ4n) is 2.56. The molecular formula is C17H22O8. The van der Waals surface area contributed by atoms with Gasteiger partial charge in [0.1, 0.15) is 11.3 Å². The van der Waals surface area contributed by atoms with Crippen LogP contribution in [0.3, 0.4) is 0 Å². The van der Waals surface area contributed by atoms with Crippen molar-refractivity contribution >= 4 is 23.9 Å². The van der Waals surface area contributed by atoms with Crippen LogP contribution < -0.4 is 0 Å². The number of hydrogen-bond acceptors (Lipinski definition) is 8. The summed E-state index contributed by atoms with van der Waals surface area (Å²) >= 11 is 0. The second-order valence-corrected chi connectivity index (χ2v) is 5.61. The fraction of sp³-hybridized carbons (Fsp3) is 0.529. The molecule has 0 saturated heterocycles. The number of hydrogen-bond donors (Lipinski definition) is 0. The molecule has 0 radical (unpaired) electrons. The van der Waals surface area contributed by atoms with E-state index in [1.165, 1.54) is 13.8 Å². The third-order valence-electron chi connectivity index (χ3n) is 3.51. The van der Waals surface area contributed by atoms with E-state index in [0.29, 0.717) is 0 Å². The Hall–Kier alpha value is -2.64. The van der Waals surface area contributed by atoms with Gasteiger partial charge in [0.05, 0.1) is 36.9 Å². The highest BCUT2D eigenvalue weighted by Crippen LogP contribution is 2.48. The maximum Gasteiger partial charge on any atom is 0.342 e. The third kappa shape index (κ3) is 3.89. The van der Waals surface area contributed by atoms with Crippen LogP contribution in [0.1, 0.15) is 34.6 Å². The molecule has 0 N–H and O–H groups in total. The largest absolute Gasteiger partial charge is 0.465 e. The van der Waals surface area contributed by atoms with E-state index in [4.69, 9.17) is 18.9 Å². The number of methoxy groups -OCH3 is 1. The van der Waals surface area contributed by atoms with Crippen molar-refractivity contribution in [3.8, 4) is 0 Å². The second kappa shape index (κ2) is 7.96. The van der Waals surface area contributed by atoms with Gasteiger partial charge in [-0.15, -0.1) is 0 Å². The molecule has 8 heteroatoms. The van der Waals surface area contributed by atoms with Crippen molar-refractivity contribution in [1.29, 1.82) is 0 Å². The van der Waals surface area contributed by atoms with Gasteiger partial charge in [0.15, 0.2) is 0 Å². The minimum Gasteiger partial charge on any atom is -0.465 e. The maximum atomic E-state index is 12.5. The average Bonchev–Trinajstić information content (AvgIpc) is 2.74. The van der Waals surface area contributed by atoms with E-state index >= 15 is 0 Å². The molecule has 0 spiro atoms. The quantitative estimate of drug-likeness (QED) is 0.521. The lowest BCUT2D eigenvalue weighted by atomic mass is 9.84.